The van der Waals surface area contributed by atoms with E-state index in [1.807, 2.05) is 11.8 Å². The molecule has 1 saturated heterocycles. The molecule has 0 spiro atoms. The molecule has 1 amide bonds. The third-order valence-corrected chi connectivity index (χ3v) is 5.35. The van der Waals surface area contributed by atoms with Gasteiger partial charge in [-0.25, -0.2) is 0 Å². The van der Waals surface area contributed by atoms with Crippen molar-refractivity contribution in [2.24, 2.45) is 0 Å². The monoisotopic (exact) mass is 440 g/mol. The van der Waals surface area contributed by atoms with E-state index in [1.54, 1.807) is 6.07 Å². The summed E-state index contributed by atoms with van der Waals surface area (Å²) in [5.74, 6) is 0.268. The topological polar surface area (TPSA) is 74.9 Å². The number of aliphatic hydroxyl groups is 1. The van der Waals surface area contributed by atoms with Crippen molar-refractivity contribution < 1.29 is 32.2 Å². The molecule has 0 saturated carbocycles. The number of benzene rings is 1. The Hall–Kier alpha value is -2.52. The zero-order valence-corrected chi connectivity index (χ0v) is 17.4. The van der Waals surface area contributed by atoms with Crippen LogP contribution in [0.1, 0.15) is 54.0 Å². The number of anilines is 2. The number of furan rings is 1. The van der Waals surface area contributed by atoms with Gasteiger partial charge in [-0.15, -0.1) is 0 Å². The Bertz CT molecular complexity index is 876. The zero-order chi connectivity index (χ0) is 22.4. The Morgan fingerprint density at radius 1 is 1.23 bits per heavy atom. The molecule has 0 atom stereocenters. The van der Waals surface area contributed by atoms with E-state index in [-0.39, 0.29) is 24.0 Å². The van der Waals surface area contributed by atoms with Crippen LogP contribution in [-0.4, -0.2) is 43.9 Å². The fourth-order valence-corrected chi connectivity index (χ4v) is 3.66. The molecule has 31 heavy (non-hydrogen) atoms. The number of alkyl halides is 3. The van der Waals surface area contributed by atoms with E-state index in [1.165, 1.54) is 12.1 Å². The number of nitrogens with zero attached hydrogens (tertiary/aromatic N) is 1. The van der Waals surface area contributed by atoms with Gasteiger partial charge in [0.05, 0.1) is 16.9 Å². The van der Waals surface area contributed by atoms with Gasteiger partial charge >= 0.3 is 6.18 Å². The van der Waals surface area contributed by atoms with Gasteiger partial charge in [0, 0.05) is 38.8 Å². The molecule has 170 valence electrons. The quantitative estimate of drug-likeness (QED) is 0.625. The van der Waals surface area contributed by atoms with Gasteiger partial charge in [-0.2, -0.15) is 13.2 Å². The molecule has 9 heteroatoms. The van der Waals surface area contributed by atoms with E-state index in [2.05, 4.69) is 5.32 Å². The molecule has 0 bridgehead atoms. The first-order chi connectivity index (χ1) is 14.8. The Kier molecular flexibility index (Phi) is 7.61. The predicted octanol–water partition coefficient (Wildman–Crippen LogP) is 4.65. The number of halogens is 3. The van der Waals surface area contributed by atoms with Crippen LogP contribution in [0.5, 0.6) is 0 Å². The number of carbonyl (C=O) groups excluding carboxylic acids is 1. The minimum Gasteiger partial charge on any atom is -0.456 e. The Morgan fingerprint density at radius 2 is 1.97 bits per heavy atom. The molecule has 1 fully saturated rings. The van der Waals surface area contributed by atoms with Gasteiger partial charge in [0.2, 0.25) is 0 Å². The second-order valence-electron chi connectivity index (χ2n) is 7.43. The molecule has 0 aliphatic carbocycles. The van der Waals surface area contributed by atoms with Gasteiger partial charge in [0.1, 0.15) is 5.76 Å². The minimum absolute atomic E-state index is 0.0415. The molecule has 1 aromatic carbocycles. The average molecular weight is 440 g/mol. The molecular formula is C22H27F3N2O4. The summed E-state index contributed by atoms with van der Waals surface area (Å²) in [6.45, 7) is 4.01. The Labute approximate surface area is 179 Å². The largest absolute Gasteiger partial charge is 0.456 e. The Morgan fingerprint density at radius 3 is 2.61 bits per heavy atom. The van der Waals surface area contributed by atoms with Crippen LogP contribution in [0.3, 0.4) is 0 Å². The fraction of sp³-hybridized carbons (Fsp3) is 0.500. The lowest BCUT2D eigenvalue weighted by atomic mass is 9.98. The molecule has 6 nitrogen and oxygen atoms in total. The molecule has 2 heterocycles. The van der Waals surface area contributed by atoms with Crippen molar-refractivity contribution in [3.8, 4) is 0 Å². The summed E-state index contributed by atoms with van der Waals surface area (Å²) < 4.78 is 50.8. The molecular weight excluding hydrogens is 413 g/mol. The van der Waals surface area contributed by atoms with Gasteiger partial charge in [0.15, 0.2) is 5.76 Å². The molecule has 3 rings (SSSR count). The lowest BCUT2D eigenvalue weighted by molar-refractivity contribution is -0.137. The normalized spacial score (nSPS) is 15.1. The second kappa shape index (κ2) is 10.2. The smallest absolute Gasteiger partial charge is 0.416 e. The maximum atomic E-state index is 13.3. The number of amides is 1. The first-order valence-electron chi connectivity index (χ1n) is 10.4. The lowest BCUT2D eigenvalue weighted by Crippen LogP contribution is -2.26. The van der Waals surface area contributed by atoms with Crippen molar-refractivity contribution >= 4 is 17.3 Å². The van der Waals surface area contributed by atoms with E-state index >= 15 is 0 Å². The fourth-order valence-electron chi connectivity index (χ4n) is 3.66. The van der Waals surface area contributed by atoms with Gasteiger partial charge < -0.3 is 24.5 Å². The van der Waals surface area contributed by atoms with Crippen molar-refractivity contribution in [2.75, 3.05) is 43.1 Å². The summed E-state index contributed by atoms with van der Waals surface area (Å²) in [5, 5.41) is 11.7. The first-order valence-corrected chi connectivity index (χ1v) is 10.4. The van der Waals surface area contributed by atoms with Crippen LogP contribution in [0, 0.1) is 0 Å². The summed E-state index contributed by atoms with van der Waals surface area (Å²) in [4.78, 5) is 14.6. The highest BCUT2D eigenvalue weighted by molar-refractivity contribution is 6.04. The minimum atomic E-state index is -4.54. The Balaban J connectivity index is 1.85. The number of rotatable bonds is 8. The lowest BCUT2D eigenvalue weighted by Gasteiger charge is -2.26. The molecule has 1 aromatic heterocycles. The summed E-state index contributed by atoms with van der Waals surface area (Å²) in [7, 11) is 0. The van der Waals surface area contributed by atoms with Crippen LogP contribution >= 0.6 is 0 Å². The molecule has 2 N–H and O–H groups in total. The van der Waals surface area contributed by atoms with Crippen LogP contribution in [0.2, 0.25) is 0 Å². The van der Waals surface area contributed by atoms with E-state index in [0.717, 1.165) is 25.0 Å². The standard InChI is InChI=1S/C22H27F3N2O4/c1-2-27(10-3-11-28)18-5-4-16(22(23,24)25)14-17(18)26-21(29)20-7-6-19(31-20)15-8-12-30-13-9-15/h4-7,14-15,28H,2-3,8-13H2,1H3,(H,26,29). The van der Waals surface area contributed by atoms with Crippen molar-refractivity contribution in [1.82, 2.24) is 0 Å². The molecule has 1 aliphatic heterocycles. The number of hydrogen-bond donors (Lipinski definition) is 2. The van der Waals surface area contributed by atoms with Crippen molar-refractivity contribution in [2.45, 2.75) is 38.3 Å². The van der Waals surface area contributed by atoms with Crippen molar-refractivity contribution in [1.29, 1.82) is 0 Å². The summed E-state index contributed by atoms with van der Waals surface area (Å²) in [6.07, 6.45) is -2.50. The highest BCUT2D eigenvalue weighted by Gasteiger charge is 2.32. The highest BCUT2D eigenvalue weighted by Crippen LogP contribution is 2.36. The number of aliphatic hydroxyl groups excluding tert-OH is 1. The average Bonchev–Trinajstić information content (AvgIpc) is 3.25. The van der Waals surface area contributed by atoms with Gasteiger partial charge in [-0.1, -0.05) is 0 Å². The first kappa shape index (κ1) is 23.1. The number of carbonyl (C=O) groups is 1. The maximum absolute atomic E-state index is 13.3. The third-order valence-electron chi connectivity index (χ3n) is 5.35. The SMILES string of the molecule is CCN(CCCO)c1ccc(C(F)(F)F)cc1NC(=O)c1ccc(C2CCOCC2)o1. The van der Waals surface area contributed by atoms with Crippen LogP contribution in [0.4, 0.5) is 24.5 Å². The maximum Gasteiger partial charge on any atom is 0.416 e. The molecule has 0 radical (unpaired) electrons. The summed E-state index contributed by atoms with van der Waals surface area (Å²) >= 11 is 0. The third kappa shape index (κ3) is 5.80. The van der Waals surface area contributed by atoms with E-state index in [4.69, 9.17) is 14.3 Å². The number of nitrogens with one attached hydrogen (secondary N) is 1. The van der Waals surface area contributed by atoms with E-state index in [9.17, 15) is 18.0 Å². The number of hydrogen-bond acceptors (Lipinski definition) is 5. The molecule has 2 aromatic rings. The highest BCUT2D eigenvalue weighted by atomic mass is 19.4. The van der Waals surface area contributed by atoms with Crippen LogP contribution in [-0.2, 0) is 10.9 Å². The summed E-state index contributed by atoms with van der Waals surface area (Å²) in [6, 6.07) is 6.53. The second-order valence-corrected chi connectivity index (χ2v) is 7.43. The zero-order valence-electron chi connectivity index (χ0n) is 17.4. The van der Waals surface area contributed by atoms with Crippen LogP contribution in [0.15, 0.2) is 34.7 Å². The molecule has 0 unspecified atom stereocenters. The van der Waals surface area contributed by atoms with Crippen LogP contribution in [0.25, 0.3) is 0 Å². The van der Waals surface area contributed by atoms with Gasteiger partial charge in [0.25, 0.3) is 5.91 Å². The van der Waals surface area contributed by atoms with Crippen molar-refractivity contribution in [3.05, 3.63) is 47.4 Å². The van der Waals surface area contributed by atoms with Crippen molar-refractivity contribution in [3.63, 3.8) is 0 Å². The van der Waals surface area contributed by atoms with Crippen LogP contribution < -0.4 is 10.2 Å². The predicted molar refractivity (Wildman–Crippen MR) is 110 cm³/mol. The number of ether oxygens (including phenoxy) is 1. The van der Waals surface area contributed by atoms with Gasteiger partial charge in [-0.3, -0.25) is 4.79 Å². The van der Waals surface area contributed by atoms with E-state index in [0.29, 0.717) is 44.2 Å². The summed E-state index contributed by atoms with van der Waals surface area (Å²) in [5.41, 5.74) is -0.357. The molecule has 1 aliphatic rings. The van der Waals surface area contributed by atoms with Gasteiger partial charge in [-0.05, 0) is 56.5 Å². The van der Waals surface area contributed by atoms with E-state index < -0.39 is 17.6 Å².